The molecule has 0 unspecified atom stereocenters. The second-order valence-corrected chi connectivity index (χ2v) is 7.11. The summed E-state index contributed by atoms with van der Waals surface area (Å²) in [6.07, 6.45) is 5.21. The maximum atomic E-state index is 12.1. The minimum Gasteiger partial charge on any atom is -0.484 e. The number of aromatic nitrogens is 3. The molecule has 4 rings (SSSR count). The molecule has 0 atom stereocenters. The Labute approximate surface area is 170 Å². The number of fused-ring (bicyclic) bond motifs is 1. The minimum absolute atomic E-state index is 0.0425. The summed E-state index contributed by atoms with van der Waals surface area (Å²) in [4.78, 5) is 16.4. The summed E-state index contributed by atoms with van der Waals surface area (Å²) in [5, 5.41) is 9.18. The molecule has 140 valence electrons. The van der Waals surface area contributed by atoms with Crippen molar-refractivity contribution in [1.29, 1.82) is 0 Å². The number of nitrogens with zero attached hydrogens (tertiary/aromatic N) is 3. The monoisotopic (exact) mass is 436 g/mol. The van der Waals surface area contributed by atoms with E-state index in [1.807, 2.05) is 60.8 Å². The van der Waals surface area contributed by atoms with Crippen molar-refractivity contribution in [3.63, 3.8) is 0 Å². The van der Waals surface area contributed by atoms with Crippen molar-refractivity contribution in [2.24, 2.45) is 0 Å². The third-order valence-corrected chi connectivity index (χ3v) is 4.68. The van der Waals surface area contributed by atoms with Crippen LogP contribution in [-0.4, -0.2) is 27.3 Å². The summed E-state index contributed by atoms with van der Waals surface area (Å²) in [5.74, 6) is 1.18. The molecule has 0 aliphatic carbocycles. The Morgan fingerprint density at radius 3 is 2.79 bits per heavy atom. The zero-order chi connectivity index (χ0) is 19.3. The summed E-state index contributed by atoms with van der Waals surface area (Å²) >= 11 is 3.46. The first kappa shape index (κ1) is 18.2. The van der Waals surface area contributed by atoms with Crippen LogP contribution in [0.3, 0.4) is 0 Å². The van der Waals surface area contributed by atoms with Crippen LogP contribution in [0.5, 0.6) is 5.75 Å². The molecule has 0 radical (unpaired) electrons. The lowest BCUT2D eigenvalue weighted by Gasteiger charge is -2.09. The van der Waals surface area contributed by atoms with Gasteiger partial charge in [0.15, 0.2) is 12.4 Å². The van der Waals surface area contributed by atoms with Gasteiger partial charge in [-0.25, -0.2) is 9.67 Å². The smallest absolute Gasteiger partial charge is 0.258 e. The molecule has 0 spiro atoms. The Hall–Kier alpha value is -3.19. The molecule has 0 fully saturated rings. The van der Waals surface area contributed by atoms with Gasteiger partial charge >= 0.3 is 0 Å². The fourth-order valence-electron chi connectivity index (χ4n) is 2.79. The van der Waals surface area contributed by atoms with E-state index < -0.39 is 0 Å². The number of amides is 1. The van der Waals surface area contributed by atoms with Gasteiger partial charge in [0, 0.05) is 29.6 Å². The van der Waals surface area contributed by atoms with Crippen LogP contribution >= 0.6 is 15.9 Å². The first-order valence-electron chi connectivity index (χ1n) is 8.71. The van der Waals surface area contributed by atoms with Crippen molar-refractivity contribution >= 4 is 32.6 Å². The van der Waals surface area contributed by atoms with Crippen LogP contribution in [0.15, 0.2) is 77.7 Å². The Bertz CT molecular complexity index is 1110. The fraction of sp³-hybridized carbons (Fsp3) is 0.0952. The second kappa shape index (κ2) is 8.22. The summed E-state index contributed by atoms with van der Waals surface area (Å²) < 4.78 is 8.33. The normalized spacial score (nSPS) is 10.8. The number of carbonyl (C=O) groups excluding carboxylic acids is 1. The molecule has 2 heterocycles. The fourth-order valence-corrected chi connectivity index (χ4v) is 3.16. The van der Waals surface area contributed by atoms with Crippen molar-refractivity contribution in [3.05, 3.63) is 83.2 Å². The number of ether oxygens (including phenoxy) is 1. The molecule has 7 heteroatoms. The Morgan fingerprint density at radius 2 is 1.93 bits per heavy atom. The van der Waals surface area contributed by atoms with Gasteiger partial charge < -0.3 is 10.1 Å². The number of halogens is 1. The number of hydrogen-bond acceptors (Lipinski definition) is 4. The van der Waals surface area contributed by atoms with Gasteiger partial charge in [0.2, 0.25) is 0 Å². The van der Waals surface area contributed by atoms with E-state index in [4.69, 9.17) is 4.74 Å². The van der Waals surface area contributed by atoms with Gasteiger partial charge in [0.05, 0.1) is 0 Å². The standard InChI is InChI=1S/C21H17BrN4O2/c22-18-4-2-17-12-19(5-3-16(17)11-18)28-14-21(27)24-13-15-6-8-23-20(10-15)26-9-1-7-25-26/h1-12H,13-14H2,(H,24,27). The first-order chi connectivity index (χ1) is 13.7. The molecule has 0 saturated heterocycles. The van der Waals surface area contributed by atoms with Gasteiger partial charge in [-0.05, 0) is 58.8 Å². The number of rotatable bonds is 6. The van der Waals surface area contributed by atoms with Gasteiger partial charge in [0.25, 0.3) is 5.91 Å². The van der Waals surface area contributed by atoms with Gasteiger partial charge in [-0.1, -0.05) is 28.1 Å². The molecular weight excluding hydrogens is 420 g/mol. The molecule has 6 nitrogen and oxygen atoms in total. The SMILES string of the molecule is O=C(COc1ccc2cc(Br)ccc2c1)NCc1ccnc(-n2cccn2)c1. The van der Waals surface area contributed by atoms with E-state index in [9.17, 15) is 4.79 Å². The quantitative estimate of drug-likeness (QED) is 0.497. The van der Waals surface area contributed by atoms with Crippen LogP contribution in [0.1, 0.15) is 5.56 Å². The van der Waals surface area contributed by atoms with Crippen LogP contribution in [-0.2, 0) is 11.3 Å². The van der Waals surface area contributed by atoms with Crippen LogP contribution < -0.4 is 10.1 Å². The number of benzene rings is 2. The highest BCUT2D eigenvalue weighted by Gasteiger charge is 2.06. The van der Waals surface area contributed by atoms with E-state index in [0.717, 1.165) is 20.8 Å². The van der Waals surface area contributed by atoms with E-state index in [0.29, 0.717) is 18.1 Å². The Kier molecular flexibility index (Phi) is 5.34. The molecule has 0 saturated carbocycles. The molecule has 1 amide bonds. The van der Waals surface area contributed by atoms with E-state index >= 15 is 0 Å². The maximum Gasteiger partial charge on any atom is 0.258 e. The van der Waals surface area contributed by atoms with Gasteiger partial charge in [-0.15, -0.1) is 0 Å². The molecule has 0 aliphatic rings. The molecule has 4 aromatic rings. The zero-order valence-electron chi connectivity index (χ0n) is 14.9. The molecule has 28 heavy (non-hydrogen) atoms. The van der Waals surface area contributed by atoms with Crippen molar-refractivity contribution in [3.8, 4) is 11.6 Å². The highest BCUT2D eigenvalue weighted by atomic mass is 79.9. The molecule has 2 aromatic heterocycles. The molecule has 0 aliphatic heterocycles. The Balaban J connectivity index is 1.32. The van der Waals surface area contributed by atoms with Crippen LogP contribution in [0.4, 0.5) is 0 Å². The topological polar surface area (TPSA) is 69.0 Å². The highest BCUT2D eigenvalue weighted by molar-refractivity contribution is 9.10. The van der Waals surface area contributed by atoms with Crippen molar-refractivity contribution in [1.82, 2.24) is 20.1 Å². The number of hydrogen-bond donors (Lipinski definition) is 1. The van der Waals surface area contributed by atoms with Crippen LogP contribution in [0.25, 0.3) is 16.6 Å². The number of nitrogens with one attached hydrogen (secondary N) is 1. The lowest BCUT2D eigenvalue weighted by molar-refractivity contribution is -0.123. The second-order valence-electron chi connectivity index (χ2n) is 6.19. The van der Waals surface area contributed by atoms with Gasteiger partial charge in [-0.2, -0.15) is 5.10 Å². The first-order valence-corrected chi connectivity index (χ1v) is 9.50. The average Bonchev–Trinajstić information content (AvgIpc) is 3.26. The average molecular weight is 437 g/mol. The number of pyridine rings is 1. The predicted octanol–water partition coefficient (Wildman–Crippen LogP) is 3.88. The molecular formula is C21H17BrN4O2. The maximum absolute atomic E-state index is 12.1. The van der Waals surface area contributed by atoms with Crippen molar-refractivity contribution < 1.29 is 9.53 Å². The lowest BCUT2D eigenvalue weighted by atomic mass is 10.1. The third kappa shape index (κ3) is 4.37. The largest absolute Gasteiger partial charge is 0.484 e. The van der Waals surface area contributed by atoms with Gasteiger partial charge in [0.1, 0.15) is 5.75 Å². The van der Waals surface area contributed by atoms with E-state index in [-0.39, 0.29) is 12.5 Å². The third-order valence-electron chi connectivity index (χ3n) is 4.18. The molecule has 2 aromatic carbocycles. The lowest BCUT2D eigenvalue weighted by Crippen LogP contribution is -2.28. The molecule has 0 bridgehead atoms. The van der Waals surface area contributed by atoms with E-state index in [2.05, 4.69) is 31.3 Å². The summed E-state index contributed by atoms with van der Waals surface area (Å²) in [6.45, 7) is 0.351. The number of carbonyl (C=O) groups is 1. The Morgan fingerprint density at radius 1 is 1.07 bits per heavy atom. The summed E-state index contributed by atoms with van der Waals surface area (Å²) in [6, 6.07) is 17.4. The highest BCUT2D eigenvalue weighted by Crippen LogP contribution is 2.24. The van der Waals surface area contributed by atoms with Crippen LogP contribution in [0.2, 0.25) is 0 Å². The van der Waals surface area contributed by atoms with Gasteiger partial charge in [-0.3, -0.25) is 4.79 Å². The van der Waals surface area contributed by atoms with Crippen molar-refractivity contribution in [2.75, 3.05) is 6.61 Å². The van der Waals surface area contributed by atoms with Crippen LogP contribution in [0, 0.1) is 0 Å². The zero-order valence-corrected chi connectivity index (χ0v) is 16.5. The van der Waals surface area contributed by atoms with E-state index in [1.54, 1.807) is 17.1 Å². The summed E-state index contributed by atoms with van der Waals surface area (Å²) in [5.41, 5.74) is 0.935. The van der Waals surface area contributed by atoms with Crippen molar-refractivity contribution in [2.45, 2.75) is 6.54 Å². The van der Waals surface area contributed by atoms with E-state index in [1.165, 1.54) is 0 Å². The minimum atomic E-state index is -0.187. The predicted molar refractivity (Wildman–Crippen MR) is 110 cm³/mol. The summed E-state index contributed by atoms with van der Waals surface area (Å²) in [7, 11) is 0. The molecule has 1 N–H and O–H groups in total.